The molecule has 4 nitrogen and oxygen atoms in total. The van der Waals surface area contributed by atoms with Gasteiger partial charge in [-0.2, -0.15) is 0 Å². The van der Waals surface area contributed by atoms with Crippen molar-refractivity contribution >= 4 is 11.7 Å². The number of nitrogens with zero attached hydrogens (tertiary/aromatic N) is 1. The molecule has 4 heteroatoms. The Kier molecular flexibility index (Phi) is 5.92. The maximum Gasteiger partial charge on any atom is 0.223 e. The highest BCUT2D eigenvalue weighted by Crippen LogP contribution is 2.32. The zero-order chi connectivity index (χ0) is 18.6. The fourth-order valence-electron chi connectivity index (χ4n) is 4.04. The number of Topliss-reactive ketones (excluding diaryl/α,β-unsaturated/α-hetero) is 1. The number of benzene rings is 1. The van der Waals surface area contributed by atoms with Crippen molar-refractivity contribution in [2.75, 3.05) is 13.1 Å². The number of hydrogen-bond donors (Lipinski definition) is 1. The van der Waals surface area contributed by atoms with Crippen LogP contribution in [0.2, 0.25) is 0 Å². The lowest BCUT2D eigenvalue weighted by Crippen LogP contribution is -2.48. The highest BCUT2D eigenvalue weighted by Gasteiger charge is 2.37. The van der Waals surface area contributed by atoms with Gasteiger partial charge in [-0.1, -0.05) is 49.4 Å². The molecule has 0 radical (unpaired) electrons. The number of aliphatic hydroxyl groups is 1. The fraction of sp³-hybridized carbons (Fsp3) is 0.545. The molecule has 1 aliphatic carbocycles. The summed E-state index contributed by atoms with van der Waals surface area (Å²) in [5.41, 5.74) is 0.348. The molecule has 0 aromatic heterocycles. The van der Waals surface area contributed by atoms with Crippen LogP contribution in [-0.2, 0) is 9.59 Å². The van der Waals surface area contributed by atoms with Crippen molar-refractivity contribution in [2.24, 2.45) is 5.92 Å². The topological polar surface area (TPSA) is 57.6 Å². The van der Waals surface area contributed by atoms with E-state index in [0.29, 0.717) is 45.2 Å². The molecular weight excluding hydrogens is 326 g/mol. The van der Waals surface area contributed by atoms with Crippen molar-refractivity contribution in [2.45, 2.75) is 57.0 Å². The number of likely N-dealkylation sites (tertiary alicyclic amines) is 1. The molecule has 0 saturated carbocycles. The van der Waals surface area contributed by atoms with Crippen LogP contribution in [0.5, 0.6) is 0 Å². The van der Waals surface area contributed by atoms with Gasteiger partial charge in [0.25, 0.3) is 0 Å². The van der Waals surface area contributed by atoms with Gasteiger partial charge in [0.1, 0.15) is 5.78 Å². The summed E-state index contributed by atoms with van der Waals surface area (Å²) in [6.07, 6.45) is 7.47. The Balaban J connectivity index is 1.51. The first kappa shape index (κ1) is 18.8. The molecule has 0 bridgehead atoms. The van der Waals surface area contributed by atoms with Crippen LogP contribution < -0.4 is 0 Å². The normalized spacial score (nSPS) is 23.7. The number of ketones is 1. The zero-order valence-corrected chi connectivity index (χ0v) is 15.6. The van der Waals surface area contributed by atoms with Gasteiger partial charge in [0.15, 0.2) is 0 Å². The van der Waals surface area contributed by atoms with Crippen molar-refractivity contribution < 1.29 is 14.7 Å². The third-order valence-electron chi connectivity index (χ3n) is 5.84. The second-order valence-corrected chi connectivity index (χ2v) is 7.86. The molecule has 140 valence electrons. The van der Waals surface area contributed by atoms with Gasteiger partial charge in [0.05, 0.1) is 5.60 Å². The summed E-state index contributed by atoms with van der Waals surface area (Å²) in [5.74, 6) is 0.414. The Labute approximate surface area is 155 Å². The van der Waals surface area contributed by atoms with Gasteiger partial charge in [-0.05, 0) is 37.2 Å². The predicted octanol–water partition coefficient (Wildman–Crippen LogP) is 3.46. The third-order valence-corrected chi connectivity index (χ3v) is 5.84. The predicted molar refractivity (Wildman–Crippen MR) is 102 cm³/mol. The van der Waals surface area contributed by atoms with Crippen LogP contribution in [0.15, 0.2) is 42.5 Å². The molecule has 26 heavy (non-hydrogen) atoms. The molecule has 3 rings (SSSR count). The number of allylic oxidation sites excluding steroid dienone is 2. The molecule has 1 aromatic carbocycles. The molecule has 1 heterocycles. The quantitative estimate of drug-likeness (QED) is 0.823. The van der Waals surface area contributed by atoms with Crippen LogP contribution in [0, 0.1) is 5.92 Å². The standard InChI is InChI=1S/C22H29NO3/c1-17(18-7-3-2-4-8-18)15-21(25)23-13-11-22(26,12-14-23)16-19-9-5-6-10-20(19)24/h2-5,7-9,17,19,26H,6,10-16H2,1H3/t17?,19-/m0/s1. The van der Waals surface area contributed by atoms with E-state index in [0.717, 1.165) is 6.42 Å². The Morgan fingerprint density at radius 2 is 1.96 bits per heavy atom. The summed E-state index contributed by atoms with van der Waals surface area (Å²) in [6, 6.07) is 10.1. The number of carbonyl (C=O) groups is 2. The van der Waals surface area contributed by atoms with Crippen LogP contribution in [0.3, 0.4) is 0 Å². The minimum Gasteiger partial charge on any atom is -0.390 e. The van der Waals surface area contributed by atoms with Gasteiger partial charge >= 0.3 is 0 Å². The second-order valence-electron chi connectivity index (χ2n) is 7.86. The monoisotopic (exact) mass is 355 g/mol. The van der Waals surface area contributed by atoms with E-state index in [1.54, 1.807) is 0 Å². The molecule has 1 unspecified atom stereocenters. The maximum atomic E-state index is 12.6. The Bertz CT molecular complexity index is 659. The van der Waals surface area contributed by atoms with Crippen molar-refractivity contribution in [1.29, 1.82) is 0 Å². The summed E-state index contributed by atoms with van der Waals surface area (Å²) < 4.78 is 0. The number of amides is 1. The summed E-state index contributed by atoms with van der Waals surface area (Å²) in [6.45, 7) is 3.22. The van der Waals surface area contributed by atoms with E-state index < -0.39 is 5.60 Å². The molecule has 1 amide bonds. The molecule has 2 atom stereocenters. The highest BCUT2D eigenvalue weighted by molar-refractivity contribution is 5.83. The van der Waals surface area contributed by atoms with Gasteiger partial charge in [-0.3, -0.25) is 9.59 Å². The van der Waals surface area contributed by atoms with Gasteiger partial charge < -0.3 is 10.0 Å². The van der Waals surface area contributed by atoms with E-state index in [1.165, 1.54) is 5.56 Å². The molecular formula is C22H29NO3. The van der Waals surface area contributed by atoms with Crippen LogP contribution >= 0.6 is 0 Å². The van der Waals surface area contributed by atoms with Gasteiger partial charge in [-0.15, -0.1) is 0 Å². The molecule has 1 fully saturated rings. The molecule has 1 N–H and O–H groups in total. The molecule has 1 aliphatic heterocycles. The largest absolute Gasteiger partial charge is 0.390 e. The van der Waals surface area contributed by atoms with E-state index in [-0.39, 0.29) is 23.5 Å². The minimum atomic E-state index is -0.830. The Hall–Kier alpha value is -1.94. The van der Waals surface area contributed by atoms with Crippen LogP contribution in [0.1, 0.15) is 56.9 Å². The lowest BCUT2D eigenvalue weighted by atomic mass is 9.79. The van der Waals surface area contributed by atoms with Crippen molar-refractivity contribution in [1.82, 2.24) is 4.90 Å². The van der Waals surface area contributed by atoms with E-state index in [1.807, 2.05) is 35.3 Å². The number of hydrogen-bond acceptors (Lipinski definition) is 3. The zero-order valence-electron chi connectivity index (χ0n) is 15.6. The number of rotatable bonds is 5. The highest BCUT2D eigenvalue weighted by atomic mass is 16.3. The summed E-state index contributed by atoms with van der Waals surface area (Å²) >= 11 is 0. The summed E-state index contributed by atoms with van der Waals surface area (Å²) in [7, 11) is 0. The SMILES string of the molecule is CC(CC(=O)N1CCC(O)(C[C@@H]2C=CCCC2=O)CC1)c1ccccc1. The maximum absolute atomic E-state index is 12.6. The van der Waals surface area contributed by atoms with Crippen LogP contribution in [-0.4, -0.2) is 40.4 Å². The molecule has 2 aliphatic rings. The van der Waals surface area contributed by atoms with E-state index in [4.69, 9.17) is 0 Å². The van der Waals surface area contributed by atoms with E-state index >= 15 is 0 Å². The second kappa shape index (κ2) is 8.17. The lowest BCUT2D eigenvalue weighted by molar-refractivity contribution is -0.137. The smallest absolute Gasteiger partial charge is 0.223 e. The van der Waals surface area contributed by atoms with Crippen molar-refractivity contribution in [3.05, 3.63) is 48.0 Å². The van der Waals surface area contributed by atoms with E-state index in [2.05, 4.69) is 19.1 Å². The summed E-state index contributed by atoms with van der Waals surface area (Å²) in [4.78, 5) is 26.5. The lowest BCUT2D eigenvalue weighted by Gasteiger charge is -2.40. The molecule has 1 saturated heterocycles. The van der Waals surface area contributed by atoms with Crippen LogP contribution in [0.25, 0.3) is 0 Å². The first-order valence-electron chi connectivity index (χ1n) is 9.71. The van der Waals surface area contributed by atoms with Gasteiger partial charge in [0, 0.05) is 31.8 Å². The minimum absolute atomic E-state index is 0.150. The fourth-order valence-corrected chi connectivity index (χ4v) is 4.04. The Morgan fingerprint density at radius 1 is 1.27 bits per heavy atom. The first-order chi connectivity index (χ1) is 12.5. The molecule has 1 aromatic rings. The molecule has 0 spiro atoms. The Morgan fingerprint density at radius 3 is 2.62 bits per heavy atom. The third kappa shape index (κ3) is 4.61. The number of piperidine rings is 1. The van der Waals surface area contributed by atoms with Gasteiger partial charge in [0.2, 0.25) is 5.91 Å². The van der Waals surface area contributed by atoms with Crippen molar-refractivity contribution in [3.63, 3.8) is 0 Å². The summed E-state index contributed by atoms with van der Waals surface area (Å²) in [5, 5.41) is 10.9. The van der Waals surface area contributed by atoms with Crippen LogP contribution in [0.4, 0.5) is 0 Å². The van der Waals surface area contributed by atoms with Crippen molar-refractivity contribution in [3.8, 4) is 0 Å². The van der Waals surface area contributed by atoms with Gasteiger partial charge in [-0.25, -0.2) is 0 Å². The average molecular weight is 355 g/mol. The first-order valence-corrected chi connectivity index (χ1v) is 9.71. The average Bonchev–Trinajstić information content (AvgIpc) is 2.65. The van der Waals surface area contributed by atoms with E-state index in [9.17, 15) is 14.7 Å². The number of carbonyl (C=O) groups excluding carboxylic acids is 2.